The van der Waals surface area contributed by atoms with E-state index < -0.39 is 85.9 Å². The summed E-state index contributed by atoms with van der Waals surface area (Å²) in [5, 5.41) is 91.7. The van der Waals surface area contributed by atoms with Crippen molar-refractivity contribution in [3.63, 3.8) is 0 Å². The topological polar surface area (TPSA) is 204 Å². The van der Waals surface area contributed by atoms with Crippen molar-refractivity contribution >= 4 is 0 Å². The third-order valence-corrected chi connectivity index (χ3v) is 10.9. The summed E-state index contributed by atoms with van der Waals surface area (Å²) >= 11 is 0. The Morgan fingerprint density at radius 2 is 1.12 bits per heavy atom. The lowest BCUT2D eigenvalue weighted by Crippen LogP contribution is -2.58. The zero-order valence-electron chi connectivity index (χ0n) is 26.8. The molecule has 9 N–H and O–H groups in total. The van der Waals surface area contributed by atoms with E-state index in [1.807, 2.05) is 36.4 Å². The van der Waals surface area contributed by atoms with Crippen molar-refractivity contribution in [1.29, 1.82) is 0 Å². The summed E-state index contributed by atoms with van der Waals surface area (Å²) in [6.07, 6.45) is -10.2. The summed E-state index contributed by atoms with van der Waals surface area (Å²) in [4.78, 5) is 2.14. The zero-order valence-corrected chi connectivity index (χ0v) is 26.8. The van der Waals surface area contributed by atoms with Gasteiger partial charge in [0.05, 0.1) is 13.2 Å². The number of nitrogens with zero attached hydrogens (tertiary/aromatic N) is 1. The second-order valence-electron chi connectivity index (χ2n) is 13.9. The molecule has 1 saturated carbocycles. The minimum absolute atomic E-state index is 0.311. The molecule has 0 bridgehead atoms. The molecular weight excluding hydrogens is 634 g/mol. The van der Waals surface area contributed by atoms with Gasteiger partial charge < -0.3 is 55.4 Å². The highest BCUT2D eigenvalue weighted by atomic mass is 16.5. The Bertz CT molecular complexity index is 1560. The standard InChI is InChI=1S/C37H43NO11/c39-17-28-32(43)34(45)30(41)26(48-28)9-3-19-1-7-22-23-8-2-20(4-10-27-31(42)35(46)33(44)29(18-40)49-27)16-25(23)37(24(22)15-19)11-13-38(14-12-37)36(47)21-5-6-21/h1-2,7-8,15-16,21,26-36,39-47H,5-6,11-14,17-18H2/t26-,27-,28-,29-,30-,31-,32-,33-,34-,35-,36?/m1/s1. The first-order chi connectivity index (χ1) is 23.6. The van der Waals surface area contributed by atoms with Gasteiger partial charge in [0.2, 0.25) is 0 Å². The van der Waals surface area contributed by atoms with Crippen molar-refractivity contribution in [1.82, 2.24) is 4.90 Å². The smallest absolute Gasteiger partial charge is 0.147 e. The van der Waals surface area contributed by atoms with Crippen LogP contribution in [0.1, 0.15) is 47.9 Å². The Morgan fingerprint density at radius 3 is 1.53 bits per heavy atom. The predicted octanol–water partition coefficient (Wildman–Crippen LogP) is -1.83. The first kappa shape index (κ1) is 34.5. The molecule has 0 aromatic heterocycles. The van der Waals surface area contributed by atoms with E-state index in [2.05, 4.69) is 28.6 Å². The maximum atomic E-state index is 10.9. The van der Waals surface area contributed by atoms with Gasteiger partial charge in [-0.15, -0.1) is 0 Å². The first-order valence-corrected chi connectivity index (χ1v) is 16.9. The number of hydrogen-bond acceptors (Lipinski definition) is 12. The number of likely N-dealkylation sites (tertiary alicyclic amines) is 1. The molecule has 5 aliphatic rings. The van der Waals surface area contributed by atoms with Crippen molar-refractivity contribution in [2.45, 2.75) is 98.4 Å². The molecule has 0 amide bonds. The van der Waals surface area contributed by atoms with Crippen LogP contribution < -0.4 is 0 Å². The molecule has 4 fully saturated rings. The van der Waals surface area contributed by atoms with Crippen LogP contribution >= 0.6 is 0 Å². The van der Waals surface area contributed by atoms with E-state index in [1.165, 1.54) is 0 Å². The van der Waals surface area contributed by atoms with Crippen LogP contribution in [0.4, 0.5) is 0 Å². The van der Waals surface area contributed by atoms with Gasteiger partial charge >= 0.3 is 0 Å². The van der Waals surface area contributed by atoms with Crippen LogP contribution in [-0.4, -0.2) is 144 Å². The van der Waals surface area contributed by atoms with Gasteiger partial charge in [0.25, 0.3) is 0 Å². The van der Waals surface area contributed by atoms with Gasteiger partial charge in [-0.3, -0.25) is 4.90 Å². The number of aliphatic hydroxyl groups is 9. The molecule has 3 heterocycles. The van der Waals surface area contributed by atoms with E-state index in [9.17, 15) is 46.0 Å². The minimum Gasteiger partial charge on any atom is -0.394 e. The Balaban J connectivity index is 1.21. The summed E-state index contributed by atoms with van der Waals surface area (Å²) in [7, 11) is 0. The third-order valence-electron chi connectivity index (χ3n) is 10.9. The molecule has 2 aliphatic carbocycles. The lowest BCUT2D eigenvalue weighted by Gasteiger charge is -2.42. The van der Waals surface area contributed by atoms with Crippen LogP contribution in [0.3, 0.4) is 0 Å². The van der Waals surface area contributed by atoms with Crippen molar-refractivity contribution < 1.29 is 55.4 Å². The SMILES string of the molecule is OC[C@H]1O[C@H](C#Cc2ccc3c(c2)C2(CCN(C(O)C4CC4)CC2)c2cc(C#C[C@H]4O[C@H](CO)[C@@H](O)[C@H](O)[C@@H]4O)ccc2-3)[C@@H](O)[C@@H](O)[C@@H]1O. The molecule has 2 aromatic carbocycles. The quantitative estimate of drug-likeness (QED) is 0.164. The fraction of sp³-hybridized carbons (Fsp3) is 0.568. The monoisotopic (exact) mass is 677 g/mol. The number of aliphatic hydroxyl groups excluding tert-OH is 9. The predicted molar refractivity (Wildman–Crippen MR) is 173 cm³/mol. The number of rotatable bonds is 4. The second-order valence-corrected chi connectivity index (χ2v) is 13.9. The van der Waals surface area contributed by atoms with Crippen molar-refractivity contribution in [3.8, 4) is 34.8 Å². The molecule has 49 heavy (non-hydrogen) atoms. The lowest BCUT2D eigenvalue weighted by atomic mass is 9.70. The fourth-order valence-corrected chi connectivity index (χ4v) is 7.80. The van der Waals surface area contributed by atoms with Crippen LogP contribution in [0.25, 0.3) is 11.1 Å². The molecule has 262 valence electrons. The summed E-state index contributed by atoms with van der Waals surface area (Å²) in [5.41, 5.74) is 5.12. The van der Waals surface area contributed by atoms with E-state index in [0.29, 0.717) is 30.1 Å². The average Bonchev–Trinajstić information content (AvgIpc) is 3.95. The summed E-state index contributed by atoms with van der Waals surface area (Å²) in [5.74, 6) is 12.2. The fourth-order valence-electron chi connectivity index (χ4n) is 7.80. The molecule has 12 heteroatoms. The maximum Gasteiger partial charge on any atom is 0.147 e. The first-order valence-electron chi connectivity index (χ1n) is 16.9. The molecule has 1 unspecified atom stereocenters. The number of hydrogen-bond donors (Lipinski definition) is 9. The summed E-state index contributed by atoms with van der Waals surface area (Å²) in [6, 6.07) is 11.8. The molecular formula is C37H43NO11. The van der Waals surface area contributed by atoms with Crippen LogP contribution in [0.15, 0.2) is 36.4 Å². The van der Waals surface area contributed by atoms with Gasteiger partial charge in [0, 0.05) is 29.6 Å². The van der Waals surface area contributed by atoms with Crippen LogP contribution in [0, 0.1) is 29.6 Å². The van der Waals surface area contributed by atoms with Crippen LogP contribution in [0.2, 0.25) is 0 Å². The van der Waals surface area contributed by atoms with E-state index in [-0.39, 0.29) is 0 Å². The molecule has 1 spiro atoms. The van der Waals surface area contributed by atoms with Gasteiger partial charge in [-0.2, -0.15) is 0 Å². The third kappa shape index (κ3) is 6.21. The van der Waals surface area contributed by atoms with Crippen molar-refractivity contribution in [2.75, 3.05) is 26.3 Å². The van der Waals surface area contributed by atoms with E-state index in [0.717, 1.165) is 47.9 Å². The van der Waals surface area contributed by atoms with Crippen LogP contribution in [-0.2, 0) is 14.9 Å². The second kappa shape index (κ2) is 13.7. The van der Waals surface area contributed by atoms with Gasteiger partial charge in [0.1, 0.15) is 67.3 Å². The molecule has 3 saturated heterocycles. The molecule has 7 rings (SSSR count). The van der Waals surface area contributed by atoms with Gasteiger partial charge in [-0.1, -0.05) is 35.8 Å². The van der Waals surface area contributed by atoms with Crippen molar-refractivity contribution in [2.24, 2.45) is 5.92 Å². The highest BCUT2D eigenvalue weighted by Gasteiger charge is 2.48. The number of benzene rings is 2. The van der Waals surface area contributed by atoms with Gasteiger partial charge in [0.15, 0.2) is 0 Å². The largest absolute Gasteiger partial charge is 0.394 e. The minimum atomic E-state index is -1.52. The Kier molecular flexibility index (Phi) is 9.62. The van der Waals surface area contributed by atoms with Crippen LogP contribution in [0.5, 0.6) is 0 Å². The number of ether oxygens (including phenoxy) is 2. The van der Waals surface area contributed by atoms with Gasteiger partial charge in [-0.05, 0) is 78.1 Å². The molecule has 11 atom stereocenters. The Labute approximate surface area is 284 Å². The lowest BCUT2D eigenvalue weighted by molar-refractivity contribution is -0.214. The number of fused-ring (bicyclic) bond motifs is 5. The Hall–Kier alpha value is -2.92. The van der Waals surface area contributed by atoms with Crippen molar-refractivity contribution in [3.05, 3.63) is 58.7 Å². The maximum absolute atomic E-state index is 10.9. The van der Waals surface area contributed by atoms with E-state index >= 15 is 0 Å². The highest BCUT2D eigenvalue weighted by molar-refractivity contribution is 5.82. The number of piperidine rings is 1. The average molecular weight is 678 g/mol. The van der Waals surface area contributed by atoms with E-state index in [4.69, 9.17) is 9.47 Å². The molecule has 0 radical (unpaired) electrons. The Morgan fingerprint density at radius 1 is 0.673 bits per heavy atom. The summed E-state index contributed by atoms with van der Waals surface area (Å²) < 4.78 is 11.2. The molecule has 3 aliphatic heterocycles. The zero-order chi connectivity index (χ0) is 34.6. The normalized spacial score (nSPS) is 35.8. The highest BCUT2D eigenvalue weighted by Crippen LogP contribution is 2.55. The molecule has 2 aromatic rings. The summed E-state index contributed by atoms with van der Waals surface area (Å²) in [6.45, 7) is 0.282. The molecule has 12 nitrogen and oxygen atoms in total. The van der Waals surface area contributed by atoms with Gasteiger partial charge in [-0.25, -0.2) is 0 Å². The van der Waals surface area contributed by atoms with E-state index in [1.54, 1.807) is 0 Å².